The first kappa shape index (κ1) is 36.4. The molecule has 2 aromatic heterocycles. The van der Waals surface area contributed by atoms with Gasteiger partial charge in [-0.2, -0.15) is 0 Å². The molecule has 266 valence electrons. The van der Waals surface area contributed by atoms with Gasteiger partial charge in [-0.1, -0.05) is 83.6 Å². The van der Waals surface area contributed by atoms with E-state index >= 15 is 0 Å². The number of allylic oxidation sites excluding steroid dienone is 2. The van der Waals surface area contributed by atoms with E-state index < -0.39 is 15.8 Å². The van der Waals surface area contributed by atoms with Crippen molar-refractivity contribution in [1.82, 2.24) is 25.5 Å². The number of likely N-dealkylation sites (tertiary alicyclic amines) is 1. The number of ether oxygens (including phenoxy) is 1. The lowest BCUT2D eigenvalue weighted by molar-refractivity contribution is -0.143. The number of carboxylic acid groups (broad SMARTS) is 1. The van der Waals surface area contributed by atoms with Crippen molar-refractivity contribution in [2.75, 3.05) is 38.6 Å². The summed E-state index contributed by atoms with van der Waals surface area (Å²) in [5.41, 5.74) is 3.22. The van der Waals surface area contributed by atoms with Gasteiger partial charge in [-0.3, -0.25) is 14.5 Å². The molecule has 1 amide bonds. The molecular formula is C39H42Cl2N6O4. The van der Waals surface area contributed by atoms with Gasteiger partial charge in [-0.25, -0.2) is 9.97 Å². The normalized spacial score (nSPS) is 21.7. The molecule has 4 N–H and O–H groups in total. The third-order valence-electron chi connectivity index (χ3n) is 9.84. The summed E-state index contributed by atoms with van der Waals surface area (Å²) in [6, 6.07) is 15.6. The molecule has 0 spiro atoms. The highest BCUT2D eigenvalue weighted by atomic mass is 35.5. The molecule has 12 heteroatoms. The number of benzene rings is 1. The number of carbonyl (C=O) groups is 2. The molecule has 51 heavy (non-hydrogen) atoms. The van der Waals surface area contributed by atoms with Crippen molar-refractivity contribution in [3.05, 3.63) is 101 Å². The van der Waals surface area contributed by atoms with Gasteiger partial charge in [-0.05, 0) is 68.6 Å². The van der Waals surface area contributed by atoms with Crippen LogP contribution in [0.25, 0.3) is 5.57 Å². The number of nitrogens with one attached hydrogen (secondary N) is 3. The minimum Gasteiger partial charge on any atom is -0.481 e. The van der Waals surface area contributed by atoms with Crippen LogP contribution in [-0.4, -0.2) is 75.5 Å². The number of aromatic nitrogens is 2. The van der Waals surface area contributed by atoms with Crippen LogP contribution in [0.4, 0.5) is 5.82 Å². The van der Waals surface area contributed by atoms with E-state index in [-0.39, 0.29) is 17.9 Å². The van der Waals surface area contributed by atoms with Crippen molar-refractivity contribution in [3.8, 4) is 17.7 Å². The zero-order valence-electron chi connectivity index (χ0n) is 28.7. The highest BCUT2D eigenvalue weighted by molar-refractivity contribution is 6.55. The fourth-order valence-corrected chi connectivity index (χ4v) is 7.57. The number of aliphatic carboxylic acids is 1. The zero-order valence-corrected chi connectivity index (χ0v) is 30.2. The van der Waals surface area contributed by atoms with Gasteiger partial charge in [-0.15, -0.1) is 0 Å². The Balaban J connectivity index is 1.30. The van der Waals surface area contributed by atoms with Crippen molar-refractivity contribution in [2.24, 2.45) is 5.92 Å². The molecule has 2 aliphatic heterocycles. The third-order valence-corrected chi connectivity index (χ3v) is 10.8. The smallest absolute Gasteiger partial charge is 0.306 e. The van der Waals surface area contributed by atoms with E-state index in [9.17, 15) is 14.7 Å². The maximum Gasteiger partial charge on any atom is 0.306 e. The molecule has 2 saturated heterocycles. The summed E-state index contributed by atoms with van der Waals surface area (Å²) < 4.78 is 4.24. The number of nitrogens with zero attached hydrogens (tertiary/aromatic N) is 3. The van der Waals surface area contributed by atoms with Crippen LogP contribution in [0.3, 0.4) is 0 Å². The Morgan fingerprint density at radius 3 is 2.63 bits per heavy atom. The molecule has 3 aromatic rings. The molecule has 4 heterocycles. The van der Waals surface area contributed by atoms with E-state index in [0.29, 0.717) is 75.0 Å². The lowest BCUT2D eigenvalue weighted by Gasteiger charge is -2.45. The van der Waals surface area contributed by atoms with Crippen LogP contribution in [0, 0.1) is 24.7 Å². The molecule has 2 atom stereocenters. The summed E-state index contributed by atoms with van der Waals surface area (Å²) in [7, 11) is 1.58. The second-order valence-electron chi connectivity index (χ2n) is 13.1. The van der Waals surface area contributed by atoms with Gasteiger partial charge in [0, 0.05) is 48.4 Å². The molecule has 1 aromatic carbocycles. The Hall–Kier alpha value is -4.40. The highest BCUT2D eigenvalue weighted by Gasteiger charge is 2.55. The van der Waals surface area contributed by atoms with Crippen LogP contribution in [-0.2, 0) is 21.7 Å². The second-order valence-corrected chi connectivity index (χ2v) is 14.5. The molecule has 3 aliphatic rings. The molecule has 2 fully saturated rings. The zero-order chi connectivity index (χ0) is 36.0. The fraction of sp³-hybridized carbons (Fsp3) is 0.385. The first-order valence-electron chi connectivity index (χ1n) is 17.2. The Bertz CT molecular complexity index is 1880. The lowest BCUT2D eigenvalue weighted by atomic mass is 9.79. The minimum atomic E-state index is -1.57. The van der Waals surface area contributed by atoms with Crippen molar-refractivity contribution in [2.45, 2.75) is 55.1 Å². The maximum atomic E-state index is 11.6. The molecule has 2 unspecified atom stereocenters. The van der Waals surface area contributed by atoms with Crippen molar-refractivity contribution in [1.29, 1.82) is 0 Å². The molecule has 10 nitrogen and oxygen atoms in total. The van der Waals surface area contributed by atoms with Crippen LogP contribution in [0.5, 0.6) is 5.88 Å². The topological polar surface area (TPSA) is 129 Å². The largest absolute Gasteiger partial charge is 0.481 e. The number of halogens is 2. The van der Waals surface area contributed by atoms with E-state index in [1.807, 2.05) is 73.7 Å². The van der Waals surface area contributed by atoms with Crippen LogP contribution in [0.2, 0.25) is 0 Å². The number of hydrogen-bond acceptors (Lipinski definition) is 8. The molecule has 0 saturated carbocycles. The van der Waals surface area contributed by atoms with E-state index in [2.05, 4.69) is 32.7 Å². The number of pyridine rings is 2. The monoisotopic (exact) mass is 728 g/mol. The van der Waals surface area contributed by atoms with Gasteiger partial charge in [0.2, 0.25) is 11.8 Å². The minimum absolute atomic E-state index is 0.0790. The number of carbonyl (C=O) groups excluding carboxylic acids is 1. The first-order chi connectivity index (χ1) is 24.6. The predicted octanol–water partition coefficient (Wildman–Crippen LogP) is 5.44. The molecular weight excluding hydrogens is 687 g/mol. The van der Waals surface area contributed by atoms with E-state index in [4.69, 9.17) is 37.9 Å². The number of rotatable bonds is 11. The summed E-state index contributed by atoms with van der Waals surface area (Å²) in [6.07, 6.45) is 10.0. The number of anilines is 1. The molecule has 6 rings (SSSR count). The number of hydrogen-bond donors (Lipinski definition) is 4. The number of piperidine rings is 1. The van der Waals surface area contributed by atoms with Crippen LogP contribution in [0.15, 0.2) is 73.0 Å². The van der Waals surface area contributed by atoms with Crippen LogP contribution < -0.4 is 20.7 Å². The van der Waals surface area contributed by atoms with E-state index in [1.54, 1.807) is 13.3 Å². The predicted molar refractivity (Wildman–Crippen MR) is 200 cm³/mol. The van der Waals surface area contributed by atoms with Crippen molar-refractivity contribution < 1.29 is 19.4 Å². The number of amides is 1. The Morgan fingerprint density at radius 1 is 1.14 bits per heavy atom. The summed E-state index contributed by atoms with van der Waals surface area (Å²) in [6.45, 7) is 5.03. The number of methoxy groups -OCH3 is 1. The maximum absolute atomic E-state index is 11.6. The average molecular weight is 730 g/mol. The fourth-order valence-electron chi connectivity index (χ4n) is 6.82. The summed E-state index contributed by atoms with van der Waals surface area (Å²) >= 11 is 15.1. The van der Waals surface area contributed by atoms with E-state index in [0.717, 1.165) is 28.7 Å². The Labute approximate surface area is 308 Å². The number of carboxylic acids is 1. The molecule has 0 bridgehead atoms. The standard InChI is InChI=1S/C39H42Cl2N6O4/c1-26-27(10-7-21-47-22-17-29(18-23-47)37(49)50)16-20-43-35(26)46-38(19-6-11-32(39(38,40)41)28-8-4-3-5-9-28)33-14-12-30(36(45-33)51-2)24-42-25-31-13-15-34(48)44-31/h3-6,8-9,11-12,14,16,19-20,29,31,42H,13,15,17-18,21-25H2,1-2H3,(H,43,46)(H,44,48)(H,49,50). The van der Waals surface area contributed by atoms with Gasteiger partial charge in [0.15, 0.2) is 4.33 Å². The van der Waals surface area contributed by atoms with Crippen molar-refractivity contribution >= 4 is 46.5 Å². The van der Waals surface area contributed by atoms with Gasteiger partial charge >= 0.3 is 5.97 Å². The van der Waals surface area contributed by atoms with Gasteiger partial charge in [0.05, 0.1) is 25.3 Å². The third kappa shape index (κ3) is 7.92. The SMILES string of the molecule is COc1nc(C2(Nc3nccc(C#CCN4CCC(C(=O)O)CC4)c3C)C=CC=C(c3ccccc3)C2(Cl)Cl)ccc1CNCC1CCC(=O)N1. The van der Waals surface area contributed by atoms with Crippen LogP contribution in [0.1, 0.15) is 53.6 Å². The van der Waals surface area contributed by atoms with Crippen LogP contribution >= 0.6 is 23.2 Å². The average Bonchev–Trinajstić information content (AvgIpc) is 3.55. The molecule has 1 aliphatic carbocycles. The summed E-state index contributed by atoms with van der Waals surface area (Å²) in [5, 5.41) is 19.3. The number of alkyl halides is 2. The molecule has 0 radical (unpaired) electrons. The van der Waals surface area contributed by atoms with E-state index in [1.165, 1.54) is 0 Å². The summed E-state index contributed by atoms with van der Waals surface area (Å²) in [4.78, 5) is 34.9. The quantitative estimate of drug-likeness (QED) is 0.151. The summed E-state index contributed by atoms with van der Waals surface area (Å²) in [5.74, 6) is 6.60. The van der Waals surface area contributed by atoms with Gasteiger partial charge in [0.25, 0.3) is 0 Å². The van der Waals surface area contributed by atoms with Gasteiger partial charge in [0.1, 0.15) is 11.4 Å². The lowest BCUT2D eigenvalue weighted by Crippen LogP contribution is -2.51. The second kappa shape index (κ2) is 15.9. The Kier molecular flexibility index (Phi) is 11.3. The van der Waals surface area contributed by atoms with Crippen molar-refractivity contribution in [3.63, 3.8) is 0 Å². The highest BCUT2D eigenvalue weighted by Crippen LogP contribution is 2.54. The first-order valence-corrected chi connectivity index (χ1v) is 17.9. The van der Waals surface area contributed by atoms with Gasteiger partial charge < -0.3 is 25.8 Å². The Morgan fingerprint density at radius 2 is 1.92 bits per heavy atom.